The van der Waals surface area contributed by atoms with Crippen molar-refractivity contribution in [3.63, 3.8) is 0 Å². The van der Waals surface area contributed by atoms with E-state index in [9.17, 15) is 9.59 Å². The molecule has 9 nitrogen and oxygen atoms in total. The minimum Gasteiger partial charge on any atom is -0.493 e. The Kier molecular flexibility index (Phi) is 5.97. The van der Waals surface area contributed by atoms with E-state index in [1.807, 2.05) is 18.2 Å². The molecule has 2 aromatic rings. The molecule has 1 saturated carbocycles. The average Bonchev–Trinajstić information content (AvgIpc) is 3.14. The van der Waals surface area contributed by atoms with E-state index in [0.717, 1.165) is 29.8 Å². The van der Waals surface area contributed by atoms with Gasteiger partial charge in [-0.25, -0.2) is 0 Å². The van der Waals surface area contributed by atoms with Gasteiger partial charge in [0.05, 0.1) is 26.9 Å². The van der Waals surface area contributed by atoms with E-state index in [0.29, 0.717) is 48.7 Å². The van der Waals surface area contributed by atoms with Gasteiger partial charge in [-0.15, -0.1) is 10.2 Å². The van der Waals surface area contributed by atoms with Gasteiger partial charge in [0.1, 0.15) is 11.1 Å². The summed E-state index contributed by atoms with van der Waals surface area (Å²) in [7, 11) is 1.61. The van der Waals surface area contributed by atoms with Crippen molar-refractivity contribution in [2.24, 2.45) is 0 Å². The van der Waals surface area contributed by atoms with Crippen LogP contribution in [0, 0.1) is 0 Å². The van der Waals surface area contributed by atoms with E-state index >= 15 is 0 Å². The Morgan fingerprint density at radius 2 is 2.12 bits per heavy atom. The predicted octanol–water partition coefficient (Wildman–Crippen LogP) is 2.55. The molecule has 170 valence electrons. The smallest absolute Gasteiger partial charge is 0.245 e. The largest absolute Gasteiger partial charge is 0.493 e. The van der Waals surface area contributed by atoms with Crippen LogP contribution in [-0.4, -0.2) is 66.4 Å². The van der Waals surface area contributed by atoms with Crippen molar-refractivity contribution in [1.82, 2.24) is 15.1 Å². The minimum absolute atomic E-state index is 0.00494. The number of hydrogen-bond donors (Lipinski definition) is 1. The molecule has 0 spiro atoms. The van der Waals surface area contributed by atoms with Crippen LogP contribution in [0.25, 0.3) is 0 Å². The number of carbonyl (C=O) groups excluding carboxylic acids is 2. The summed E-state index contributed by atoms with van der Waals surface area (Å²) in [5.74, 6) is 1.52. The van der Waals surface area contributed by atoms with Crippen LogP contribution in [-0.2, 0) is 14.3 Å². The first-order chi connectivity index (χ1) is 15.6. The number of nitrogens with zero attached hydrogens (tertiary/aromatic N) is 3. The summed E-state index contributed by atoms with van der Waals surface area (Å²) < 4.78 is 16.9. The second kappa shape index (κ2) is 9.03. The van der Waals surface area contributed by atoms with Crippen molar-refractivity contribution >= 4 is 28.3 Å². The molecule has 2 saturated heterocycles. The first-order valence-electron chi connectivity index (χ1n) is 10.9. The number of likely N-dealkylation sites (tertiary alicyclic amines) is 1. The molecule has 1 N–H and O–H groups in total. The van der Waals surface area contributed by atoms with Crippen LogP contribution in [0.15, 0.2) is 18.2 Å². The van der Waals surface area contributed by atoms with Gasteiger partial charge in [-0.05, 0) is 30.5 Å². The minimum atomic E-state index is -0.252. The quantitative estimate of drug-likeness (QED) is 0.648. The lowest BCUT2D eigenvalue weighted by Crippen LogP contribution is -2.34. The lowest BCUT2D eigenvalue weighted by Gasteiger charge is -2.18. The van der Waals surface area contributed by atoms with Gasteiger partial charge < -0.3 is 19.1 Å². The van der Waals surface area contributed by atoms with Crippen molar-refractivity contribution in [2.75, 3.05) is 38.7 Å². The summed E-state index contributed by atoms with van der Waals surface area (Å²) >= 11 is 1.41. The molecule has 0 radical (unpaired) electrons. The molecule has 10 heteroatoms. The fraction of sp³-hybridized carbons (Fsp3) is 0.545. The first-order valence-corrected chi connectivity index (χ1v) is 11.7. The molecule has 3 heterocycles. The van der Waals surface area contributed by atoms with Crippen LogP contribution in [0.5, 0.6) is 11.5 Å². The Balaban J connectivity index is 1.21. The highest BCUT2D eigenvalue weighted by Gasteiger charge is 2.33. The van der Waals surface area contributed by atoms with Crippen LogP contribution in [0.4, 0.5) is 5.13 Å². The van der Waals surface area contributed by atoms with Crippen LogP contribution in [0.3, 0.4) is 0 Å². The number of carbonyl (C=O) groups is 2. The monoisotopic (exact) mass is 458 g/mol. The molecule has 3 aliphatic rings. The number of amides is 2. The fourth-order valence-corrected chi connectivity index (χ4v) is 5.01. The Labute approximate surface area is 190 Å². The number of anilines is 1. The maximum absolute atomic E-state index is 12.6. The van der Waals surface area contributed by atoms with Gasteiger partial charge in [-0.1, -0.05) is 17.4 Å². The van der Waals surface area contributed by atoms with Gasteiger partial charge in [-0.2, -0.15) is 0 Å². The zero-order valence-corrected chi connectivity index (χ0v) is 18.7. The Morgan fingerprint density at radius 3 is 2.88 bits per heavy atom. The number of ether oxygens (including phenoxy) is 3. The van der Waals surface area contributed by atoms with Gasteiger partial charge in [0.2, 0.25) is 16.9 Å². The third-order valence-electron chi connectivity index (χ3n) is 6.00. The van der Waals surface area contributed by atoms with E-state index in [1.54, 1.807) is 12.0 Å². The molecule has 1 aromatic carbocycles. The highest BCUT2D eigenvalue weighted by molar-refractivity contribution is 7.15. The number of nitrogens with one attached hydrogen (secondary N) is 1. The van der Waals surface area contributed by atoms with Crippen LogP contribution < -0.4 is 14.8 Å². The molecule has 3 fully saturated rings. The Hall–Kier alpha value is -2.72. The average molecular weight is 459 g/mol. The van der Waals surface area contributed by atoms with Gasteiger partial charge in [0.15, 0.2) is 11.5 Å². The van der Waals surface area contributed by atoms with Gasteiger partial charge in [0.25, 0.3) is 0 Å². The molecule has 0 bridgehead atoms. The summed E-state index contributed by atoms with van der Waals surface area (Å²) in [6, 6.07) is 5.77. The number of hydrogen-bond acceptors (Lipinski definition) is 8. The third kappa shape index (κ3) is 4.71. The Morgan fingerprint density at radius 1 is 1.25 bits per heavy atom. The van der Waals surface area contributed by atoms with Crippen molar-refractivity contribution < 1.29 is 23.8 Å². The third-order valence-corrected chi connectivity index (χ3v) is 7.00. The van der Waals surface area contributed by atoms with Crippen LogP contribution in [0.2, 0.25) is 0 Å². The molecule has 5 rings (SSSR count). The van der Waals surface area contributed by atoms with Crippen molar-refractivity contribution in [3.05, 3.63) is 28.8 Å². The molecular weight excluding hydrogens is 432 g/mol. The van der Waals surface area contributed by atoms with E-state index in [4.69, 9.17) is 14.2 Å². The SMILES string of the molecule is COc1ccc([C@@H]2CC(=O)N(CC(=O)Nc3nnc(C4CC4)s3)C2)cc1O[C@@H]1CCOC1. The summed E-state index contributed by atoms with van der Waals surface area (Å²) in [6.45, 7) is 1.75. The number of aromatic nitrogens is 2. The maximum atomic E-state index is 12.6. The predicted molar refractivity (Wildman–Crippen MR) is 117 cm³/mol. The zero-order valence-electron chi connectivity index (χ0n) is 17.9. The van der Waals surface area contributed by atoms with E-state index in [2.05, 4.69) is 15.5 Å². The van der Waals surface area contributed by atoms with E-state index in [-0.39, 0.29) is 30.4 Å². The topological polar surface area (TPSA) is 103 Å². The molecule has 0 unspecified atom stereocenters. The zero-order chi connectivity index (χ0) is 22.1. The van der Waals surface area contributed by atoms with Crippen molar-refractivity contribution in [3.8, 4) is 11.5 Å². The summed E-state index contributed by atoms with van der Waals surface area (Å²) in [5, 5.41) is 12.4. The number of benzene rings is 1. The standard InChI is InChI=1S/C22H26N4O5S/c1-29-17-5-4-14(8-18(17)31-16-6-7-30-12-16)15-9-20(28)26(10-15)11-19(27)23-22-25-24-21(32-22)13-2-3-13/h4-5,8,13,15-16H,2-3,6-7,9-12H2,1H3,(H,23,25,27)/t15-,16-/m1/s1. The molecule has 32 heavy (non-hydrogen) atoms. The van der Waals surface area contributed by atoms with Gasteiger partial charge in [-0.3, -0.25) is 14.9 Å². The second-order valence-electron chi connectivity index (χ2n) is 8.46. The van der Waals surface area contributed by atoms with Crippen LogP contribution in [0.1, 0.15) is 48.1 Å². The van der Waals surface area contributed by atoms with Crippen molar-refractivity contribution in [2.45, 2.75) is 43.6 Å². The van der Waals surface area contributed by atoms with Gasteiger partial charge >= 0.3 is 0 Å². The van der Waals surface area contributed by atoms with Crippen molar-refractivity contribution in [1.29, 1.82) is 0 Å². The Bertz CT molecular complexity index is 1000. The second-order valence-corrected chi connectivity index (χ2v) is 9.47. The maximum Gasteiger partial charge on any atom is 0.245 e. The number of rotatable bonds is 8. The molecule has 1 aromatic heterocycles. The highest BCUT2D eigenvalue weighted by atomic mass is 32.1. The summed E-state index contributed by atoms with van der Waals surface area (Å²) in [4.78, 5) is 26.6. The molecule has 2 amide bonds. The highest BCUT2D eigenvalue weighted by Crippen LogP contribution is 2.42. The normalized spacial score (nSPS) is 22.9. The lowest BCUT2D eigenvalue weighted by molar-refractivity contribution is -0.131. The number of methoxy groups -OCH3 is 1. The fourth-order valence-electron chi connectivity index (χ4n) is 4.09. The van der Waals surface area contributed by atoms with Crippen LogP contribution >= 0.6 is 11.3 Å². The first kappa shape index (κ1) is 21.1. The van der Waals surface area contributed by atoms with E-state index < -0.39 is 0 Å². The molecule has 1 aliphatic carbocycles. The van der Waals surface area contributed by atoms with E-state index in [1.165, 1.54) is 11.3 Å². The molecule has 2 aliphatic heterocycles. The summed E-state index contributed by atoms with van der Waals surface area (Å²) in [5.41, 5.74) is 0.995. The summed E-state index contributed by atoms with van der Waals surface area (Å²) in [6.07, 6.45) is 3.48. The lowest BCUT2D eigenvalue weighted by atomic mass is 9.98. The van der Waals surface area contributed by atoms with Gasteiger partial charge in [0, 0.05) is 31.2 Å². The molecule has 2 atom stereocenters. The molecular formula is C22H26N4O5S.